The van der Waals surface area contributed by atoms with E-state index in [-0.39, 0.29) is 11.6 Å². The number of aromatic amines is 2. The van der Waals surface area contributed by atoms with Gasteiger partial charge in [-0.1, -0.05) is 18.2 Å². The Kier molecular flexibility index (Phi) is 3.91. The summed E-state index contributed by atoms with van der Waals surface area (Å²) in [4.78, 5) is 26.0. The Morgan fingerprint density at radius 1 is 1.00 bits per heavy atom. The molecule has 4 rings (SSSR count). The largest absolute Gasteiger partial charge is 0.340 e. The van der Waals surface area contributed by atoms with Crippen LogP contribution in [0, 0.1) is 0 Å². The van der Waals surface area contributed by atoms with Crippen LogP contribution in [-0.4, -0.2) is 30.9 Å². The van der Waals surface area contributed by atoms with E-state index in [9.17, 15) is 9.59 Å². The third-order valence-corrected chi connectivity index (χ3v) is 3.76. The molecule has 0 aliphatic heterocycles. The molecule has 0 saturated carbocycles. The molecule has 0 radical (unpaired) electrons. The number of hydrogen-bond acceptors (Lipinski definition) is 4. The Bertz CT molecular complexity index is 1090. The maximum absolute atomic E-state index is 12.4. The molecule has 1 amide bonds. The summed E-state index contributed by atoms with van der Waals surface area (Å²) < 4.78 is 1.64. The Balaban J connectivity index is 1.48. The van der Waals surface area contributed by atoms with Crippen LogP contribution in [0.15, 0.2) is 71.7 Å². The van der Waals surface area contributed by atoms with Crippen LogP contribution < -0.4 is 11.0 Å². The monoisotopic (exact) mass is 346 g/mol. The molecular weight excluding hydrogens is 332 g/mol. The van der Waals surface area contributed by atoms with E-state index in [2.05, 4.69) is 25.6 Å². The zero-order chi connectivity index (χ0) is 17.9. The van der Waals surface area contributed by atoms with Crippen LogP contribution in [0.25, 0.3) is 17.1 Å². The second-order valence-electron chi connectivity index (χ2n) is 5.54. The van der Waals surface area contributed by atoms with Crippen molar-refractivity contribution in [3.63, 3.8) is 0 Å². The maximum atomic E-state index is 12.4. The van der Waals surface area contributed by atoms with Crippen molar-refractivity contribution in [2.24, 2.45) is 0 Å². The zero-order valence-electron chi connectivity index (χ0n) is 13.5. The first-order chi connectivity index (χ1) is 12.7. The van der Waals surface area contributed by atoms with Crippen molar-refractivity contribution in [1.29, 1.82) is 0 Å². The number of rotatable bonds is 4. The van der Waals surface area contributed by atoms with Gasteiger partial charge in [0.1, 0.15) is 0 Å². The molecule has 0 spiro atoms. The number of carbonyl (C=O) groups is 1. The molecule has 0 atom stereocenters. The van der Waals surface area contributed by atoms with Crippen molar-refractivity contribution < 1.29 is 4.79 Å². The van der Waals surface area contributed by atoms with E-state index in [1.807, 2.05) is 30.3 Å². The number of H-pyrrole nitrogens is 2. The van der Waals surface area contributed by atoms with Gasteiger partial charge in [-0.15, -0.1) is 0 Å². The molecule has 128 valence electrons. The summed E-state index contributed by atoms with van der Waals surface area (Å²) in [6.07, 6.45) is 1.74. The number of benzene rings is 2. The van der Waals surface area contributed by atoms with Crippen LogP contribution in [0.5, 0.6) is 0 Å². The van der Waals surface area contributed by atoms with E-state index in [0.29, 0.717) is 17.2 Å². The van der Waals surface area contributed by atoms with Gasteiger partial charge in [-0.25, -0.2) is 14.6 Å². The molecule has 8 heteroatoms. The van der Waals surface area contributed by atoms with Gasteiger partial charge in [0.05, 0.1) is 5.69 Å². The molecule has 8 nitrogen and oxygen atoms in total. The number of carbonyl (C=O) groups excluding carboxylic acids is 1. The molecule has 26 heavy (non-hydrogen) atoms. The highest BCUT2D eigenvalue weighted by molar-refractivity contribution is 6.02. The van der Waals surface area contributed by atoms with E-state index in [1.54, 1.807) is 41.2 Å². The molecule has 2 heterocycles. The Labute approximate surface area is 147 Å². The summed E-state index contributed by atoms with van der Waals surface area (Å²) >= 11 is 0. The lowest BCUT2D eigenvalue weighted by Crippen LogP contribution is -2.13. The van der Waals surface area contributed by atoms with E-state index >= 15 is 0 Å². The van der Waals surface area contributed by atoms with E-state index < -0.39 is 0 Å². The van der Waals surface area contributed by atoms with Gasteiger partial charge in [-0.3, -0.25) is 9.78 Å². The lowest BCUT2D eigenvalue weighted by Gasteiger charge is -2.04. The molecule has 0 unspecified atom stereocenters. The molecule has 3 N–H and O–H groups in total. The molecule has 0 fully saturated rings. The summed E-state index contributed by atoms with van der Waals surface area (Å²) in [6.45, 7) is 0. The number of aromatic nitrogens is 5. The second-order valence-corrected chi connectivity index (χ2v) is 5.54. The fraction of sp³-hybridized carbons (Fsp3) is 0. The van der Waals surface area contributed by atoms with Crippen LogP contribution >= 0.6 is 0 Å². The number of nitrogens with one attached hydrogen (secondary N) is 3. The van der Waals surface area contributed by atoms with Gasteiger partial charge >= 0.3 is 5.69 Å². The van der Waals surface area contributed by atoms with Crippen LogP contribution in [0.4, 0.5) is 5.69 Å². The number of para-hydroxylation sites is 1. The first-order valence-corrected chi connectivity index (χ1v) is 7.86. The van der Waals surface area contributed by atoms with E-state index in [4.69, 9.17) is 0 Å². The molecule has 0 aliphatic carbocycles. The summed E-state index contributed by atoms with van der Waals surface area (Å²) in [5, 5.41) is 13.3. The van der Waals surface area contributed by atoms with Crippen LogP contribution in [0.3, 0.4) is 0 Å². The Hall–Kier alpha value is -3.94. The predicted octanol–water partition coefficient (Wildman–Crippen LogP) is 2.20. The van der Waals surface area contributed by atoms with Crippen molar-refractivity contribution in [2.75, 3.05) is 5.32 Å². The number of nitrogens with zero attached hydrogens (tertiary/aromatic N) is 3. The van der Waals surface area contributed by atoms with Gasteiger partial charge in [0, 0.05) is 17.4 Å². The SMILES string of the molecule is O=C(Nc1ccc(-c2n[nH]c(=O)[nH]2)cc1)c1ccn(-c2ccccc2)n1. The van der Waals surface area contributed by atoms with Gasteiger partial charge in [0.2, 0.25) is 0 Å². The van der Waals surface area contributed by atoms with Crippen molar-refractivity contribution in [3.05, 3.63) is 83.0 Å². The number of hydrogen-bond donors (Lipinski definition) is 3. The maximum Gasteiger partial charge on any atom is 0.340 e. The molecule has 2 aromatic carbocycles. The normalized spacial score (nSPS) is 10.6. The summed E-state index contributed by atoms with van der Waals surface area (Å²) in [5.74, 6) is 0.134. The van der Waals surface area contributed by atoms with Crippen LogP contribution in [0.2, 0.25) is 0 Å². The Morgan fingerprint density at radius 3 is 2.46 bits per heavy atom. The average Bonchev–Trinajstić information content (AvgIpc) is 3.32. The first-order valence-electron chi connectivity index (χ1n) is 7.86. The minimum Gasteiger partial charge on any atom is -0.321 e. The highest BCUT2D eigenvalue weighted by Gasteiger charge is 2.11. The highest BCUT2D eigenvalue weighted by Crippen LogP contribution is 2.17. The lowest BCUT2D eigenvalue weighted by atomic mass is 10.2. The van der Waals surface area contributed by atoms with Gasteiger partial charge in [-0.05, 0) is 42.5 Å². The van der Waals surface area contributed by atoms with Gasteiger partial charge < -0.3 is 5.32 Å². The van der Waals surface area contributed by atoms with Crippen molar-refractivity contribution in [1.82, 2.24) is 25.0 Å². The van der Waals surface area contributed by atoms with Crippen LogP contribution in [0.1, 0.15) is 10.5 Å². The van der Waals surface area contributed by atoms with E-state index in [1.165, 1.54) is 0 Å². The predicted molar refractivity (Wildman–Crippen MR) is 96.2 cm³/mol. The standard InChI is InChI=1S/C18H14N6O2/c25-17(15-10-11-24(23-15)14-4-2-1-3-5-14)19-13-8-6-12(7-9-13)16-20-18(26)22-21-16/h1-11H,(H,19,25)(H2,20,21,22,26). The minimum absolute atomic E-state index is 0.305. The van der Waals surface area contributed by atoms with Crippen molar-refractivity contribution in [3.8, 4) is 17.1 Å². The third kappa shape index (κ3) is 3.16. The molecule has 0 bridgehead atoms. The average molecular weight is 346 g/mol. The third-order valence-electron chi connectivity index (χ3n) is 3.76. The summed E-state index contributed by atoms with van der Waals surface area (Å²) in [7, 11) is 0. The molecule has 0 aliphatic rings. The second kappa shape index (κ2) is 6.52. The molecule has 0 saturated heterocycles. The van der Waals surface area contributed by atoms with Gasteiger partial charge in [0.25, 0.3) is 5.91 Å². The highest BCUT2D eigenvalue weighted by atomic mass is 16.2. The number of amides is 1. The van der Waals surface area contributed by atoms with E-state index in [0.717, 1.165) is 11.3 Å². The molecule has 4 aromatic rings. The fourth-order valence-electron chi connectivity index (χ4n) is 2.48. The van der Waals surface area contributed by atoms with Gasteiger partial charge in [-0.2, -0.15) is 10.2 Å². The topological polar surface area (TPSA) is 108 Å². The molecule has 2 aromatic heterocycles. The first kappa shape index (κ1) is 15.6. The minimum atomic E-state index is -0.369. The molecular formula is C18H14N6O2. The fourth-order valence-corrected chi connectivity index (χ4v) is 2.48. The Morgan fingerprint density at radius 2 is 1.77 bits per heavy atom. The van der Waals surface area contributed by atoms with Crippen LogP contribution in [-0.2, 0) is 0 Å². The van der Waals surface area contributed by atoms with Crippen molar-refractivity contribution in [2.45, 2.75) is 0 Å². The lowest BCUT2D eigenvalue weighted by molar-refractivity contribution is 0.102. The van der Waals surface area contributed by atoms with Gasteiger partial charge in [0.15, 0.2) is 11.5 Å². The van der Waals surface area contributed by atoms with Crippen molar-refractivity contribution >= 4 is 11.6 Å². The number of anilines is 1. The zero-order valence-corrected chi connectivity index (χ0v) is 13.5. The quantitative estimate of drug-likeness (QED) is 0.526. The summed E-state index contributed by atoms with van der Waals surface area (Å²) in [5.41, 5.74) is 2.17. The summed E-state index contributed by atoms with van der Waals surface area (Å²) in [6, 6.07) is 18.2. The smallest absolute Gasteiger partial charge is 0.321 e.